The lowest BCUT2D eigenvalue weighted by atomic mass is 9.99. The van der Waals surface area contributed by atoms with Gasteiger partial charge in [0.1, 0.15) is 23.1 Å². The van der Waals surface area contributed by atoms with Gasteiger partial charge in [-0.2, -0.15) is 0 Å². The van der Waals surface area contributed by atoms with Gasteiger partial charge in [-0.25, -0.2) is 9.97 Å². The second kappa shape index (κ2) is 10.6. The summed E-state index contributed by atoms with van der Waals surface area (Å²) in [6, 6.07) is 52.3. The number of nitrogens with zero attached hydrogens (tertiary/aromatic N) is 3. The first-order chi connectivity index (χ1) is 25.8. The van der Waals surface area contributed by atoms with E-state index in [1.54, 1.807) is 6.33 Å². The standard InChI is InChI=1S/C46H25N3OS2/c1-4-16-36-34(13-1)41-37(21-20-33-31-12-3-6-18-40(31)52-46(33)41)49(36)28-19-22-38-35(24-28)43-44(50-38)42(47-25-48-43)27-10-7-9-26(23-27)29-14-8-15-32-30-11-2-5-17-39(30)51-45(29)32/h1-25H. The van der Waals surface area contributed by atoms with Crippen molar-refractivity contribution in [1.82, 2.24) is 14.5 Å². The predicted octanol–water partition coefficient (Wildman–Crippen LogP) is 13.5. The fourth-order valence-corrected chi connectivity index (χ4v) is 10.7. The molecule has 7 aromatic carbocycles. The number of hydrogen-bond donors (Lipinski definition) is 0. The van der Waals surface area contributed by atoms with Gasteiger partial charge in [0.2, 0.25) is 0 Å². The molecular formula is C46H25N3OS2. The van der Waals surface area contributed by atoms with Gasteiger partial charge >= 0.3 is 0 Å². The molecule has 12 rings (SSSR count). The van der Waals surface area contributed by atoms with Crippen molar-refractivity contribution in [3.05, 3.63) is 152 Å². The smallest absolute Gasteiger partial charge is 0.180 e. The SMILES string of the molecule is c1cc(-c2ncnc3c2oc2ccc(-n4c5ccccc5c5c6sc7ccccc7c6ccc54)cc23)cc(-c2cccc3c2sc2ccccc23)c1. The van der Waals surface area contributed by atoms with Crippen LogP contribution >= 0.6 is 22.7 Å². The minimum Gasteiger partial charge on any atom is -0.452 e. The molecule has 0 unspecified atom stereocenters. The number of hydrogen-bond acceptors (Lipinski definition) is 5. The molecule has 0 N–H and O–H groups in total. The summed E-state index contributed by atoms with van der Waals surface area (Å²) in [6.07, 6.45) is 1.66. The first kappa shape index (κ1) is 28.4. The van der Waals surface area contributed by atoms with Gasteiger partial charge < -0.3 is 8.98 Å². The summed E-state index contributed by atoms with van der Waals surface area (Å²) in [5, 5.41) is 8.72. The van der Waals surface area contributed by atoms with Crippen molar-refractivity contribution >= 4 is 107 Å². The van der Waals surface area contributed by atoms with Gasteiger partial charge in [0.25, 0.3) is 0 Å². The van der Waals surface area contributed by atoms with Crippen LogP contribution in [0.15, 0.2) is 156 Å². The minimum absolute atomic E-state index is 0.695. The molecular weight excluding hydrogens is 675 g/mol. The van der Waals surface area contributed by atoms with Crippen molar-refractivity contribution in [2.24, 2.45) is 0 Å². The lowest BCUT2D eigenvalue weighted by molar-refractivity contribution is 0.667. The van der Waals surface area contributed by atoms with E-state index in [0.29, 0.717) is 5.58 Å². The Morgan fingerprint density at radius 1 is 0.500 bits per heavy atom. The molecule has 0 aliphatic carbocycles. The summed E-state index contributed by atoms with van der Waals surface area (Å²) in [5.41, 5.74) is 9.89. The Bertz CT molecular complexity index is 3440. The quantitative estimate of drug-likeness (QED) is 0.184. The maximum Gasteiger partial charge on any atom is 0.180 e. The molecule has 4 nitrogen and oxygen atoms in total. The maximum absolute atomic E-state index is 6.60. The van der Waals surface area contributed by atoms with Crippen LogP contribution in [0.4, 0.5) is 0 Å². The Morgan fingerprint density at radius 3 is 2.08 bits per heavy atom. The molecule has 0 atom stereocenters. The summed E-state index contributed by atoms with van der Waals surface area (Å²) in [4.78, 5) is 9.60. The van der Waals surface area contributed by atoms with Crippen LogP contribution in [-0.4, -0.2) is 14.5 Å². The highest BCUT2D eigenvalue weighted by Gasteiger charge is 2.20. The second-order valence-electron chi connectivity index (χ2n) is 13.3. The van der Waals surface area contributed by atoms with Crippen LogP contribution in [-0.2, 0) is 0 Å². The van der Waals surface area contributed by atoms with E-state index in [0.717, 1.165) is 39.0 Å². The molecule has 6 heteroatoms. The summed E-state index contributed by atoms with van der Waals surface area (Å²) >= 11 is 3.72. The Labute approximate surface area is 304 Å². The van der Waals surface area contributed by atoms with Crippen molar-refractivity contribution in [3.63, 3.8) is 0 Å². The molecule has 5 heterocycles. The zero-order valence-corrected chi connectivity index (χ0v) is 29.1. The van der Waals surface area contributed by atoms with Crippen LogP contribution in [0.2, 0.25) is 0 Å². The number of benzene rings is 7. The molecule has 0 radical (unpaired) electrons. The van der Waals surface area contributed by atoms with Gasteiger partial charge in [0.15, 0.2) is 5.58 Å². The number of aromatic nitrogens is 3. The first-order valence-corrected chi connectivity index (χ1v) is 18.9. The van der Waals surface area contributed by atoms with E-state index in [-0.39, 0.29) is 0 Å². The number of thiophene rings is 2. The lowest BCUT2D eigenvalue weighted by Crippen LogP contribution is -1.93. The Kier molecular flexibility index (Phi) is 5.78. The summed E-state index contributed by atoms with van der Waals surface area (Å²) in [6.45, 7) is 0. The van der Waals surface area contributed by atoms with E-state index in [2.05, 4.69) is 150 Å². The highest BCUT2D eigenvalue weighted by molar-refractivity contribution is 7.27. The summed E-state index contributed by atoms with van der Waals surface area (Å²) in [7, 11) is 0. The monoisotopic (exact) mass is 699 g/mol. The van der Waals surface area contributed by atoms with E-state index in [1.165, 1.54) is 67.7 Å². The van der Waals surface area contributed by atoms with Gasteiger partial charge in [-0.1, -0.05) is 97.1 Å². The molecule has 52 heavy (non-hydrogen) atoms. The minimum atomic E-state index is 0.695. The molecule has 5 aromatic heterocycles. The molecule has 0 saturated carbocycles. The third-order valence-electron chi connectivity index (χ3n) is 10.5. The number of furan rings is 1. The fourth-order valence-electron chi connectivity index (χ4n) is 8.23. The molecule has 0 spiro atoms. The number of para-hydroxylation sites is 1. The van der Waals surface area contributed by atoms with Gasteiger partial charge in [-0.05, 0) is 59.7 Å². The van der Waals surface area contributed by atoms with Crippen LogP contribution in [0.1, 0.15) is 0 Å². The van der Waals surface area contributed by atoms with Crippen LogP contribution in [0.5, 0.6) is 0 Å². The summed E-state index contributed by atoms with van der Waals surface area (Å²) in [5.74, 6) is 0. The van der Waals surface area contributed by atoms with Crippen molar-refractivity contribution in [2.75, 3.05) is 0 Å². The Hall–Kier alpha value is -6.34. The number of fused-ring (bicyclic) bond motifs is 13. The largest absolute Gasteiger partial charge is 0.452 e. The van der Waals surface area contributed by atoms with Crippen molar-refractivity contribution < 1.29 is 4.42 Å². The average Bonchev–Trinajstić information content (AvgIpc) is 3.96. The molecule has 0 bridgehead atoms. The van der Waals surface area contributed by atoms with Crippen LogP contribution in [0.25, 0.3) is 112 Å². The van der Waals surface area contributed by atoms with E-state index in [9.17, 15) is 0 Å². The average molecular weight is 700 g/mol. The lowest BCUT2D eigenvalue weighted by Gasteiger charge is -2.08. The zero-order valence-electron chi connectivity index (χ0n) is 27.5. The Morgan fingerprint density at radius 2 is 1.21 bits per heavy atom. The normalized spacial score (nSPS) is 12.2. The van der Waals surface area contributed by atoms with Crippen LogP contribution < -0.4 is 0 Å². The first-order valence-electron chi connectivity index (χ1n) is 17.3. The number of rotatable bonds is 3. The molecule has 0 aliphatic rings. The molecule has 12 aromatic rings. The third-order valence-corrected chi connectivity index (χ3v) is 12.9. The summed E-state index contributed by atoms with van der Waals surface area (Å²) < 4.78 is 14.2. The van der Waals surface area contributed by atoms with Gasteiger partial charge in [-0.15, -0.1) is 22.7 Å². The Balaban J connectivity index is 1.03. The topological polar surface area (TPSA) is 43.9 Å². The van der Waals surface area contributed by atoms with E-state index < -0.39 is 0 Å². The third kappa shape index (κ3) is 3.90. The molecule has 0 aliphatic heterocycles. The zero-order chi connectivity index (χ0) is 33.9. The predicted molar refractivity (Wildman–Crippen MR) is 220 cm³/mol. The van der Waals surface area contributed by atoms with E-state index in [4.69, 9.17) is 14.4 Å². The van der Waals surface area contributed by atoms with Crippen molar-refractivity contribution in [2.45, 2.75) is 0 Å². The van der Waals surface area contributed by atoms with Gasteiger partial charge in [0, 0.05) is 67.8 Å². The van der Waals surface area contributed by atoms with Gasteiger partial charge in [0.05, 0.1) is 11.0 Å². The fraction of sp³-hybridized carbons (Fsp3) is 0. The highest BCUT2D eigenvalue weighted by Crippen LogP contribution is 2.45. The van der Waals surface area contributed by atoms with Crippen molar-refractivity contribution in [3.8, 4) is 28.1 Å². The highest BCUT2D eigenvalue weighted by atomic mass is 32.1. The second-order valence-corrected chi connectivity index (χ2v) is 15.4. The van der Waals surface area contributed by atoms with E-state index in [1.807, 2.05) is 22.7 Å². The molecule has 242 valence electrons. The molecule has 0 amide bonds. The van der Waals surface area contributed by atoms with Gasteiger partial charge in [-0.3, -0.25) is 0 Å². The van der Waals surface area contributed by atoms with E-state index >= 15 is 0 Å². The maximum atomic E-state index is 6.60. The van der Waals surface area contributed by atoms with Crippen LogP contribution in [0, 0.1) is 0 Å². The van der Waals surface area contributed by atoms with Crippen LogP contribution in [0.3, 0.4) is 0 Å². The molecule has 0 fully saturated rings. The molecule has 0 saturated heterocycles. The van der Waals surface area contributed by atoms with Crippen molar-refractivity contribution in [1.29, 1.82) is 0 Å².